The van der Waals surface area contributed by atoms with E-state index in [1.165, 1.54) is 6.07 Å². The van der Waals surface area contributed by atoms with Crippen LogP contribution in [-0.4, -0.2) is 29.5 Å². The van der Waals surface area contributed by atoms with Crippen LogP contribution in [0.4, 0.5) is 0 Å². The third-order valence-corrected chi connectivity index (χ3v) is 9.68. The number of para-hydroxylation sites is 6. The van der Waals surface area contributed by atoms with Gasteiger partial charge in [0.25, 0.3) is 0 Å². The first-order valence-corrected chi connectivity index (χ1v) is 17.3. The molecule has 0 bridgehead atoms. The van der Waals surface area contributed by atoms with E-state index in [4.69, 9.17) is 29.0 Å². The van der Waals surface area contributed by atoms with Gasteiger partial charge in [-0.1, -0.05) is 109 Å². The molecule has 0 amide bonds. The first-order valence-electron chi connectivity index (χ1n) is 20.8. The molecule has 0 aliphatic rings. The van der Waals surface area contributed by atoms with Crippen molar-refractivity contribution in [1.82, 2.24) is 29.5 Å². The van der Waals surface area contributed by atoms with Crippen molar-refractivity contribution >= 4 is 54.8 Å². The summed E-state index contributed by atoms with van der Waals surface area (Å²) in [6.07, 6.45) is 3.23. The van der Waals surface area contributed by atoms with Crippen LogP contribution >= 0.6 is 0 Å². The molecular formula is C47H28N6O. The summed E-state index contributed by atoms with van der Waals surface area (Å²) in [5.74, 6) is 0.877. The summed E-state index contributed by atoms with van der Waals surface area (Å²) in [4.78, 5) is 24.4. The van der Waals surface area contributed by atoms with E-state index in [9.17, 15) is 0 Å². The summed E-state index contributed by atoms with van der Waals surface area (Å²) in [5, 5.41) is 2.15. The van der Waals surface area contributed by atoms with Gasteiger partial charge in [-0.2, -0.15) is 0 Å². The Morgan fingerprint density at radius 3 is 2.15 bits per heavy atom. The maximum Gasteiger partial charge on any atom is 0.166 e. The molecule has 0 fully saturated rings. The lowest BCUT2D eigenvalue weighted by molar-refractivity contribution is 0.670. The maximum absolute atomic E-state index is 9.12. The topological polar surface area (TPSA) is 82.5 Å². The molecule has 0 aliphatic heterocycles. The lowest BCUT2D eigenvalue weighted by Gasteiger charge is -2.15. The van der Waals surface area contributed by atoms with E-state index < -0.39 is 12.1 Å². The molecular weight excluding hydrogens is 665 g/mol. The predicted octanol–water partition coefficient (Wildman–Crippen LogP) is 11.5. The first kappa shape index (κ1) is 23.9. The number of aromatic nitrogens is 6. The van der Waals surface area contributed by atoms with Crippen molar-refractivity contribution in [2.45, 2.75) is 0 Å². The predicted molar refractivity (Wildman–Crippen MR) is 216 cm³/mol. The van der Waals surface area contributed by atoms with Gasteiger partial charge >= 0.3 is 0 Å². The van der Waals surface area contributed by atoms with Gasteiger partial charge < -0.3 is 8.98 Å². The molecule has 7 nitrogen and oxygen atoms in total. The van der Waals surface area contributed by atoms with Crippen LogP contribution in [-0.2, 0) is 0 Å². The number of furan rings is 1. The summed E-state index contributed by atoms with van der Waals surface area (Å²) in [5.41, 5.74) is 6.90. The van der Waals surface area contributed by atoms with Crippen molar-refractivity contribution in [3.8, 4) is 51.0 Å². The molecule has 11 rings (SSSR count). The van der Waals surface area contributed by atoms with Crippen LogP contribution < -0.4 is 0 Å². The lowest BCUT2D eigenvalue weighted by atomic mass is 10.00. The van der Waals surface area contributed by atoms with Crippen LogP contribution in [0.3, 0.4) is 0 Å². The van der Waals surface area contributed by atoms with Gasteiger partial charge in [-0.15, -0.1) is 0 Å². The summed E-state index contributed by atoms with van der Waals surface area (Å²) in [7, 11) is 0. The van der Waals surface area contributed by atoms with E-state index >= 15 is 0 Å². The molecule has 4 aromatic heterocycles. The second-order valence-electron chi connectivity index (χ2n) is 12.8. The van der Waals surface area contributed by atoms with Crippen LogP contribution in [0.25, 0.3) is 106 Å². The molecule has 0 radical (unpaired) electrons. The van der Waals surface area contributed by atoms with Crippen molar-refractivity contribution in [1.29, 1.82) is 0 Å². The Bertz CT molecular complexity index is 3660. The normalized spacial score (nSPS) is 13.5. The highest BCUT2D eigenvalue weighted by atomic mass is 16.3. The smallest absolute Gasteiger partial charge is 0.166 e. The average molecular weight is 700 g/mol. The SMILES string of the molecule is [2H]c1cc([2H])c2c(c1[2H])c1c([2H])c([2H])c([2H])c([2H])c1n2-c1ccccc1-c1nc(-c2cccc(-c3cccc4c3oc3ccccc34)c2)nc(-c2cccc3nccnc23)n1. The number of rotatable bonds is 5. The first-order chi connectivity index (χ1) is 29.7. The highest BCUT2D eigenvalue weighted by Gasteiger charge is 2.20. The minimum atomic E-state index is -0.477. The minimum Gasteiger partial charge on any atom is -0.455 e. The molecule has 0 spiro atoms. The van der Waals surface area contributed by atoms with Gasteiger partial charge in [-0.25, -0.2) is 15.0 Å². The van der Waals surface area contributed by atoms with E-state index in [-0.39, 0.29) is 57.8 Å². The number of hydrogen-bond donors (Lipinski definition) is 0. The van der Waals surface area contributed by atoms with E-state index in [0.717, 1.165) is 33.1 Å². The van der Waals surface area contributed by atoms with Crippen LogP contribution in [0.2, 0.25) is 0 Å². The van der Waals surface area contributed by atoms with Crippen molar-refractivity contribution in [2.75, 3.05) is 0 Å². The van der Waals surface area contributed by atoms with Crippen molar-refractivity contribution in [3.63, 3.8) is 0 Å². The fourth-order valence-corrected chi connectivity index (χ4v) is 7.29. The quantitative estimate of drug-likeness (QED) is 0.178. The van der Waals surface area contributed by atoms with E-state index in [1.807, 2.05) is 91.0 Å². The fraction of sp³-hybridized carbons (Fsp3) is 0. The van der Waals surface area contributed by atoms with Gasteiger partial charge in [-0.05, 0) is 54.0 Å². The monoisotopic (exact) mass is 699 g/mol. The summed E-state index contributed by atoms with van der Waals surface area (Å²) >= 11 is 0. The largest absolute Gasteiger partial charge is 0.455 e. The summed E-state index contributed by atoms with van der Waals surface area (Å²) in [6.45, 7) is 0. The molecule has 0 saturated heterocycles. The van der Waals surface area contributed by atoms with E-state index in [0.29, 0.717) is 45.1 Å². The molecule has 11 aromatic rings. The highest BCUT2D eigenvalue weighted by molar-refractivity contribution is 6.10. The van der Waals surface area contributed by atoms with Crippen molar-refractivity contribution < 1.29 is 14.0 Å². The standard InChI is InChI=1S/C47H28N6O/c1-5-22-39-32(14-1)33-15-2-6-23-40(33)53(39)41-24-7-3-17-36(41)46-50-45(51-47(52-46)37-20-11-21-38-43(37)49-27-26-48-38)30-13-9-12-29(28-30)31-18-10-19-35-34-16-4-8-25-42(34)54-44(31)35/h1-28H/i1D,2D,5D,14D,15D,22D,23D. The Morgan fingerprint density at radius 1 is 0.500 bits per heavy atom. The maximum atomic E-state index is 9.12. The number of nitrogens with zero attached hydrogens (tertiary/aromatic N) is 6. The molecule has 0 unspecified atom stereocenters. The minimum absolute atomic E-state index is 0.0473. The molecule has 54 heavy (non-hydrogen) atoms. The molecule has 0 atom stereocenters. The molecule has 7 aromatic carbocycles. The van der Waals surface area contributed by atoms with Crippen LogP contribution in [0, 0.1) is 0 Å². The molecule has 0 aliphatic carbocycles. The van der Waals surface area contributed by atoms with Crippen molar-refractivity contribution in [2.24, 2.45) is 0 Å². The zero-order valence-electron chi connectivity index (χ0n) is 35.2. The molecule has 252 valence electrons. The molecule has 4 heterocycles. The summed E-state index contributed by atoms with van der Waals surface area (Å²) < 4.78 is 69.7. The summed E-state index contributed by atoms with van der Waals surface area (Å²) in [6, 6.07) is 33.6. The molecule has 0 saturated carbocycles. The van der Waals surface area contributed by atoms with Crippen LogP contribution in [0.1, 0.15) is 9.60 Å². The Labute approximate surface area is 318 Å². The Balaban J connectivity index is 1.19. The third-order valence-electron chi connectivity index (χ3n) is 9.68. The van der Waals surface area contributed by atoms with E-state index in [1.54, 1.807) is 35.2 Å². The molecule has 0 N–H and O–H groups in total. The van der Waals surface area contributed by atoms with Gasteiger partial charge in [0.1, 0.15) is 11.2 Å². The van der Waals surface area contributed by atoms with E-state index in [2.05, 4.69) is 9.97 Å². The number of benzene rings is 7. The van der Waals surface area contributed by atoms with Crippen LogP contribution in [0.15, 0.2) is 174 Å². The third kappa shape index (κ3) is 4.72. The fourth-order valence-electron chi connectivity index (χ4n) is 7.29. The Hall–Kier alpha value is -7.51. The van der Waals surface area contributed by atoms with Gasteiger partial charge in [-0.3, -0.25) is 9.97 Å². The Kier molecular flexibility index (Phi) is 5.32. The van der Waals surface area contributed by atoms with Gasteiger partial charge in [0.2, 0.25) is 0 Å². The van der Waals surface area contributed by atoms with Crippen molar-refractivity contribution in [3.05, 3.63) is 170 Å². The Morgan fingerprint density at radius 2 is 1.19 bits per heavy atom. The van der Waals surface area contributed by atoms with Crippen LogP contribution in [0.5, 0.6) is 0 Å². The van der Waals surface area contributed by atoms with Gasteiger partial charge in [0, 0.05) is 56.2 Å². The average Bonchev–Trinajstić information content (AvgIpc) is 3.87. The molecule has 7 heteroatoms. The van der Waals surface area contributed by atoms with Gasteiger partial charge in [0.05, 0.1) is 37.3 Å². The highest BCUT2D eigenvalue weighted by Crippen LogP contribution is 2.39. The zero-order chi connectivity index (χ0) is 41.7. The number of hydrogen-bond acceptors (Lipinski definition) is 6. The van der Waals surface area contributed by atoms with Gasteiger partial charge in [0.15, 0.2) is 17.5 Å². The number of fused-ring (bicyclic) bond motifs is 7. The zero-order valence-corrected chi connectivity index (χ0v) is 28.2. The lowest BCUT2D eigenvalue weighted by Crippen LogP contribution is -2.04. The second kappa shape index (κ2) is 12.0. The second-order valence-corrected chi connectivity index (χ2v) is 12.8.